The molecule has 1 aliphatic heterocycles. The summed E-state index contributed by atoms with van der Waals surface area (Å²) >= 11 is 0. The van der Waals surface area contributed by atoms with Crippen LogP contribution in [-0.2, 0) is 0 Å². The molecule has 138 valence electrons. The number of nitrogens with zero attached hydrogens (tertiary/aromatic N) is 2. The number of aromatic nitrogens is 2. The molecule has 0 unspecified atom stereocenters. The monoisotopic (exact) mass is 362 g/mol. The molecule has 6 nitrogen and oxygen atoms in total. The Hall–Kier alpha value is -3.20. The minimum absolute atomic E-state index is 0.121. The van der Waals surface area contributed by atoms with E-state index in [4.69, 9.17) is 15.2 Å². The summed E-state index contributed by atoms with van der Waals surface area (Å²) in [5.74, 6) is 1.62. The van der Waals surface area contributed by atoms with E-state index in [9.17, 15) is 5.26 Å². The molecule has 0 spiro atoms. The first-order valence-electron chi connectivity index (χ1n) is 9.27. The first-order valence-corrected chi connectivity index (χ1v) is 9.27. The van der Waals surface area contributed by atoms with Gasteiger partial charge in [0.05, 0.1) is 23.4 Å². The number of nitrogens with one attached hydrogen (secondary N) is 1. The fourth-order valence-electron chi connectivity index (χ4n) is 3.98. The zero-order valence-corrected chi connectivity index (χ0v) is 15.2. The van der Waals surface area contributed by atoms with Crippen molar-refractivity contribution >= 4 is 0 Å². The fourth-order valence-corrected chi connectivity index (χ4v) is 3.98. The van der Waals surface area contributed by atoms with E-state index in [-0.39, 0.29) is 11.8 Å². The summed E-state index contributed by atoms with van der Waals surface area (Å²) < 4.78 is 11.2. The molecule has 0 radical (unpaired) electrons. The smallest absolute Gasteiger partial charge is 0.244 e. The van der Waals surface area contributed by atoms with E-state index in [2.05, 4.69) is 28.4 Å². The summed E-state index contributed by atoms with van der Waals surface area (Å²) in [6.45, 7) is 2.58. The van der Waals surface area contributed by atoms with Crippen LogP contribution in [0.15, 0.2) is 47.9 Å². The summed E-state index contributed by atoms with van der Waals surface area (Å²) in [6, 6.07) is 10.1. The normalized spacial score (nSPS) is 21.3. The number of fused-ring (bicyclic) bond motifs is 1. The van der Waals surface area contributed by atoms with Gasteiger partial charge in [0.15, 0.2) is 0 Å². The molecule has 1 aliphatic carbocycles. The molecule has 4 rings (SSSR count). The maximum absolute atomic E-state index is 9.75. The van der Waals surface area contributed by atoms with Crippen molar-refractivity contribution in [3.63, 3.8) is 0 Å². The van der Waals surface area contributed by atoms with Gasteiger partial charge in [0.1, 0.15) is 11.8 Å². The number of aromatic amines is 1. The van der Waals surface area contributed by atoms with Gasteiger partial charge in [-0.2, -0.15) is 5.26 Å². The van der Waals surface area contributed by atoms with Crippen LogP contribution in [0.25, 0.3) is 11.3 Å². The van der Waals surface area contributed by atoms with E-state index in [1.807, 2.05) is 31.2 Å². The Bertz CT molecular complexity index is 934. The third kappa shape index (κ3) is 3.06. The molecule has 0 saturated carbocycles. The molecule has 0 fully saturated rings. The zero-order valence-electron chi connectivity index (χ0n) is 15.2. The van der Waals surface area contributed by atoms with Gasteiger partial charge in [-0.25, -0.2) is 0 Å². The third-order valence-electron chi connectivity index (χ3n) is 5.22. The number of hydrogen-bond donors (Lipinski definition) is 2. The highest BCUT2D eigenvalue weighted by atomic mass is 16.5. The van der Waals surface area contributed by atoms with Gasteiger partial charge < -0.3 is 15.2 Å². The van der Waals surface area contributed by atoms with Gasteiger partial charge in [0, 0.05) is 11.5 Å². The molecular formula is C21H22N4O2. The predicted octanol–water partition coefficient (Wildman–Crippen LogP) is 4.00. The van der Waals surface area contributed by atoms with Crippen LogP contribution in [0.1, 0.15) is 37.7 Å². The number of rotatable bonds is 4. The van der Waals surface area contributed by atoms with Gasteiger partial charge in [0.2, 0.25) is 11.8 Å². The predicted molar refractivity (Wildman–Crippen MR) is 102 cm³/mol. The molecule has 27 heavy (non-hydrogen) atoms. The van der Waals surface area contributed by atoms with E-state index < -0.39 is 0 Å². The Morgan fingerprint density at radius 2 is 2.15 bits per heavy atom. The Kier molecular flexibility index (Phi) is 4.59. The molecule has 2 aromatic rings. The van der Waals surface area contributed by atoms with E-state index in [0.29, 0.717) is 24.0 Å². The fraction of sp³-hybridized carbons (Fsp3) is 0.333. The topological polar surface area (TPSA) is 97.0 Å². The minimum Gasteiger partial charge on any atom is -0.494 e. The van der Waals surface area contributed by atoms with Crippen LogP contribution in [0, 0.1) is 17.2 Å². The van der Waals surface area contributed by atoms with Gasteiger partial charge in [-0.3, -0.25) is 5.10 Å². The maximum Gasteiger partial charge on any atom is 0.244 e. The van der Waals surface area contributed by atoms with Crippen molar-refractivity contribution in [3.8, 4) is 29.0 Å². The SMILES string of the molecule is CCOc1ccc(-c2[nH]nc3c2[C@H]([C@@H]2CC=CCC2)C(C#N)=C(N)O3)cc1. The molecule has 2 aliphatic rings. The van der Waals surface area contributed by atoms with Crippen molar-refractivity contribution < 1.29 is 9.47 Å². The van der Waals surface area contributed by atoms with Crippen LogP contribution in [0.5, 0.6) is 11.6 Å². The van der Waals surface area contributed by atoms with Crippen LogP contribution in [0.3, 0.4) is 0 Å². The summed E-state index contributed by atoms with van der Waals surface area (Å²) in [5.41, 5.74) is 9.31. The number of ether oxygens (including phenoxy) is 2. The molecular weight excluding hydrogens is 340 g/mol. The lowest BCUT2D eigenvalue weighted by molar-refractivity contribution is 0.340. The summed E-state index contributed by atoms with van der Waals surface area (Å²) in [4.78, 5) is 0. The second-order valence-corrected chi connectivity index (χ2v) is 6.79. The van der Waals surface area contributed by atoms with Gasteiger partial charge in [-0.15, -0.1) is 5.10 Å². The van der Waals surface area contributed by atoms with Gasteiger partial charge in [0.25, 0.3) is 0 Å². The Balaban J connectivity index is 1.79. The van der Waals surface area contributed by atoms with Crippen LogP contribution in [0.4, 0.5) is 0 Å². The second kappa shape index (κ2) is 7.20. The molecule has 3 N–H and O–H groups in total. The lowest BCUT2D eigenvalue weighted by atomic mass is 9.74. The number of H-pyrrole nitrogens is 1. The van der Waals surface area contributed by atoms with Crippen molar-refractivity contribution in [2.24, 2.45) is 11.7 Å². The van der Waals surface area contributed by atoms with Crippen molar-refractivity contribution in [2.75, 3.05) is 6.61 Å². The lowest BCUT2D eigenvalue weighted by Crippen LogP contribution is -2.25. The van der Waals surface area contributed by atoms with Crippen molar-refractivity contribution in [1.82, 2.24) is 10.2 Å². The average Bonchev–Trinajstić information content (AvgIpc) is 3.11. The molecule has 1 aromatic heterocycles. The van der Waals surface area contributed by atoms with Crippen molar-refractivity contribution in [2.45, 2.75) is 32.1 Å². The highest BCUT2D eigenvalue weighted by molar-refractivity contribution is 5.69. The average molecular weight is 362 g/mol. The molecule has 6 heteroatoms. The van der Waals surface area contributed by atoms with E-state index >= 15 is 0 Å². The zero-order chi connectivity index (χ0) is 18.8. The molecule has 0 amide bonds. The summed E-state index contributed by atoms with van der Waals surface area (Å²) in [5, 5.41) is 17.2. The molecule has 0 saturated heterocycles. The van der Waals surface area contributed by atoms with Crippen LogP contribution in [0.2, 0.25) is 0 Å². The largest absolute Gasteiger partial charge is 0.494 e. The van der Waals surface area contributed by atoms with Gasteiger partial charge >= 0.3 is 0 Å². The number of hydrogen-bond acceptors (Lipinski definition) is 5. The number of nitrogens with two attached hydrogens (primary N) is 1. The van der Waals surface area contributed by atoms with Crippen molar-refractivity contribution in [3.05, 3.63) is 53.4 Å². The van der Waals surface area contributed by atoms with Crippen LogP contribution < -0.4 is 15.2 Å². The van der Waals surface area contributed by atoms with E-state index in [1.54, 1.807) is 0 Å². The Labute approximate surface area is 158 Å². The van der Waals surface area contributed by atoms with Gasteiger partial charge in [-0.05, 0) is 56.4 Å². The van der Waals surface area contributed by atoms with Crippen LogP contribution in [-0.4, -0.2) is 16.8 Å². The number of nitriles is 1. The third-order valence-corrected chi connectivity index (χ3v) is 5.22. The van der Waals surface area contributed by atoms with Crippen molar-refractivity contribution in [1.29, 1.82) is 5.26 Å². The highest BCUT2D eigenvalue weighted by Crippen LogP contribution is 2.48. The summed E-state index contributed by atoms with van der Waals surface area (Å²) in [6.07, 6.45) is 7.30. The molecule has 2 atom stereocenters. The number of allylic oxidation sites excluding steroid dienone is 3. The summed E-state index contributed by atoms with van der Waals surface area (Å²) in [7, 11) is 0. The quantitative estimate of drug-likeness (QED) is 0.801. The minimum atomic E-state index is -0.121. The van der Waals surface area contributed by atoms with Crippen LogP contribution >= 0.6 is 0 Å². The first kappa shape index (κ1) is 17.2. The second-order valence-electron chi connectivity index (χ2n) is 6.79. The molecule has 0 bridgehead atoms. The lowest BCUT2D eigenvalue weighted by Gasteiger charge is -2.31. The molecule has 2 heterocycles. The standard InChI is InChI=1S/C21H22N4O2/c1-2-26-15-10-8-14(9-11-15)19-18-17(13-6-4-3-5-7-13)16(12-22)20(23)27-21(18)25-24-19/h3-4,8-11,13,17H,2,5-7,23H2,1H3,(H,24,25)/t13-,17-/m1/s1. The van der Waals surface area contributed by atoms with E-state index in [1.165, 1.54) is 0 Å². The highest BCUT2D eigenvalue weighted by Gasteiger charge is 2.39. The Morgan fingerprint density at radius 3 is 2.81 bits per heavy atom. The van der Waals surface area contributed by atoms with E-state index in [0.717, 1.165) is 41.8 Å². The first-order chi connectivity index (χ1) is 13.2. The van der Waals surface area contributed by atoms with Gasteiger partial charge in [-0.1, -0.05) is 12.2 Å². The maximum atomic E-state index is 9.75. The molecule has 1 aromatic carbocycles. The Morgan fingerprint density at radius 1 is 1.33 bits per heavy atom. The number of benzene rings is 1.